The molecule has 0 spiro atoms. The molecule has 1 atom stereocenters. The highest BCUT2D eigenvalue weighted by Gasteiger charge is 2.35. The molecule has 1 saturated carbocycles. The third kappa shape index (κ3) is 5.11. The van der Waals surface area contributed by atoms with E-state index in [9.17, 15) is 18.0 Å². The molecule has 3 nitrogen and oxygen atoms in total. The van der Waals surface area contributed by atoms with Gasteiger partial charge in [0, 0.05) is 12.6 Å². The second kappa shape index (κ2) is 8.55. The van der Waals surface area contributed by atoms with Gasteiger partial charge in [0.05, 0.1) is 11.1 Å². The summed E-state index contributed by atoms with van der Waals surface area (Å²) in [6, 6.07) is 4.57. The van der Waals surface area contributed by atoms with Crippen molar-refractivity contribution in [2.24, 2.45) is 11.7 Å². The van der Waals surface area contributed by atoms with Crippen molar-refractivity contribution in [3.8, 4) is 0 Å². The fourth-order valence-corrected chi connectivity index (χ4v) is 3.08. The Bertz CT molecular complexity index is 516. The van der Waals surface area contributed by atoms with Crippen LogP contribution in [0.15, 0.2) is 24.3 Å². The summed E-state index contributed by atoms with van der Waals surface area (Å²) in [4.78, 5) is 12.3. The normalized spacial score (nSPS) is 17.2. The van der Waals surface area contributed by atoms with Gasteiger partial charge in [0.2, 0.25) is 0 Å². The second-order valence-electron chi connectivity index (χ2n) is 5.76. The Morgan fingerprint density at radius 1 is 1.22 bits per heavy atom. The van der Waals surface area contributed by atoms with Gasteiger partial charge in [-0.3, -0.25) is 4.79 Å². The maximum Gasteiger partial charge on any atom is 0.417 e. The average Bonchev–Trinajstić information content (AvgIpc) is 2.52. The largest absolute Gasteiger partial charge is 0.417 e. The van der Waals surface area contributed by atoms with Crippen LogP contribution in [0.3, 0.4) is 0 Å². The molecule has 1 aromatic carbocycles. The molecule has 0 radical (unpaired) electrons. The summed E-state index contributed by atoms with van der Waals surface area (Å²) in [5, 5.41) is 2.70. The molecule has 1 aromatic rings. The summed E-state index contributed by atoms with van der Waals surface area (Å²) in [6.45, 7) is 0.241. The number of nitrogens with one attached hydrogen (secondary N) is 1. The predicted molar refractivity (Wildman–Crippen MR) is 85.6 cm³/mol. The molecule has 1 amide bonds. The van der Waals surface area contributed by atoms with E-state index in [0.717, 1.165) is 31.7 Å². The molecular weight excluding hydrogens is 329 g/mol. The van der Waals surface area contributed by atoms with E-state index in [4.69, 9.17) is 5.73 Å². The van der Waals surface area contributed by atoms with Crippen molar-refractivity contribution >= 4 is 18.3 Å². The van der Waals surface area contributed by atoms with Gasteiger partial charge >= 0.3 is 6.18 Å². The van der Waals surface area contributed by atoms with E-state index >= 15 is 0 Å². The lowest BCUT2D eigenvalue weighted by Gasteiger charge is -2.30. The fourth-order valence-electron chi connectivity index (χ4n) is 3.08. The SMILES string of the molecule is Cl.NCC(NC(=O)c1ccccc1C(F)(F)F)C1CCCCC1. The predicted octanol–water partition coefficient (Wildman–Crippen LogP) is 3.76. The van der Waals surface area contributed by atoms with Gasteiger partial charge in [0.15, 0.2) is 0 Å². The Labute approximate surface area is 140 Å². The molecule has 2 rings (SSSR count). The topological polar surface area (TPSA) is 55.1 Å². The van der Waals surface area contributed by atoms with Crippen LogP contribution in [0, 0.1) is 5.92 Å². The number of amides is 1. The van der Waals surface area contributed by atoms with Crippen molar-refractivity contribution in [2.45, 2.75) is 44.3 Å². The highest BCUT2D eigenvalue weighted by molar-refractivity contribution is 5.96. The number of carbonyl (C=O) groups excluding carboxylic acids is 1. The minimum Gasteiger partial charge on any atom is -0.348 e. The van der Waals surface area contributed by atoms with E-state index in [-0.39, 0.29) is 36.5 Å². The van der Waals surface area contributed by atoms with Crippen LogP contribution in [0.2, 0.25) is 0 Å². The van der Waals surface area contributed by atoms with E-state index in [0.29, 0.717) is 0 Å². The molecule has 1 fully saturated rings. The first-order valence-corrected chi connectivity index (χ1v) is 7.60. The monoisotopic (exact) mass is 350 g/mol. The van der Waals surface area contributed by atoms with Gasteiger partial charge in [-0.2, -0.15) is 13.2 Å². The van der Waals surface area contributed by atoms with Gasteiger partial charge in [-0.05, 0) is 30.9 Å². The number of hydrogen-bond donors (Lipinski definition) is 2. The molecule has 0 bridgehead atoms. The lowest BCUT2D eigenvalue weighted by molar-refractivity contribution is -0.137. The quantitative estimate of drug-likeness (QED) is 0.868. The number of carbonyl (C=O) groups is 1. The van der Waals surface area contributed by atoms with Crippen molar-refractivity contribution < 1.29 is 18.0 Å². The molecular formula is C16H22ClF3N2O. The number of rotatable bonds is 4. The fraction of sp³-hybridized carbons (Fsp3) is 0.562. The van der Waals surface area contributed by atoms with Crippen molar-refractivity contribution in [2.75, 3.05) is 6.54 Å². The van der Waals surface area contributed by atoms with Crippen LogP contribution in [0.5, 0.6) is 0 Å². The zero-order valence-electron chi connectivity index (χ0n) is 12.7. The Balaban J connectivity index is 0.00000264. The van der Waals surface area contributed by atoms with E-state index in [1.807, 2.05) is 0 Å². The van der Waals surface area contributed by atoms with Gasteiger partial charge in [0.25, 0.3) is 5.91 Å². The molecule has 1 aliphatic rings. The first kappa shape index (κ1) is 19.8. The van der Waals surface area contributed by atoms with Gasteiger partial charge in [-0.25, -0.2) is 0 Å². The zero-order valence-corrected chi connectivity index (χ0v) is 13.6. The first-order chi connectivity index (χ1) is 10.4. The van der Waals surface area contributed by atoms with E-state index in [1.165, 1.54) is 24.6 Å². The molecule has 0 saturated heterocycles. The van der Waals surface area contributed by atoms with E-state index in [1.54, 1.807) is 0 Å². The number of alkyl halides is 3. The molecule has 0 aromatic heterocycles. The van der Waals surface area contributed by atoms with Gasteiger partial charge in [0.1, 0.15) is 0 Å². The minimum absolute atomic E-state index is 0. The average molecular weight is 351 g/mol. The smallest absolute Gasteiger partial charge is 0.348 e. The standard InChI is InChI=1S/C16H21F3N2O.ClH/c17-16(18,19)13-9-5-4-8-12(13)15(22)21-14(10-20)11-6-2-1-3-7-11;/h4-5,8-9,11,14H,1-3,6-7,10,20H2,(H,21,22);1H. The highest BCUT2D eigenvalue weighted by atomic mass is 35.5. The lowest BCUT2D eigenvalue weighted by Crippen LogP contribution is -2.46. The van der Waals surface area contributed by atoms with Crippen molar-refractivity contribution in [1.82, 2.24) is 5.32 Å². The van der Waals surface area contributed by atoms with E-state index < -0.39 is 17.6 Å². The zero-order chi connectivity index (χ0) is 16.2. The van der Waals surface area contributed by atoms with Gasteiger partial charge < -0.3 is 11.1 Å². The maximum atomic E-state index is 13.0. The molecule has 0 aliphatic heterocycles. The van der Waals surface area contributed by atoms with Crippen molar-refractivity contribution in [3.05, 3.63) is 35.4 Å². The second-order valence-corrected chi connectivity index (χ2v) is 5.76. The molecule has 1 unspecified atom stereocenters. The molecule has 130 valence electrons. The Morgan fingerprint density at radius 3 is 2.39 bits per heavy atom. The van der Waals surface area contributed by atoms with E-state index in [2.05, 4.69) is 5.32 Å². The highest BCUT2D eigenvalue weighted by Crippen LogP contribution is 2.32. The van der Waals surface area contributed by atoms with Crippen LogP contribution in [0.25, 0.3) is 0 Å². The molecule has 1 aliphatic carbocycles. The summed E-state index contributed by atoms with van der Waals surface area (Å²) in [5.74, 6) is -0.449. The third-order valence-electron chi connectivity index (χ3n) is 4.27. The summed E-state index contributed by atoms with van der Waals surface area (Å²) in [7, 11) is 0. The number of nitrogens with two attached hydrogens (primary N) is 1. The lowest BCUT2D eigenvalue weighted by atomic mass is 9.83. The first-order valence-electron chi connectivity index (χ1n) is 7.60. The van der Waals surface area contributed by atoms with Crippen LogP contribution in [-0.4, -0.2) is 18.5 Å². The number of hydrogen-bond acceptors (Lipinski definition) is 2. The third-order valence-corrected chi connectivity index (χ3v) is 4.27. The molecule has 3 N–H and O–H groups in total. The molecule has 0 heterocycles. The summed E-state index contributed by atoms with van der Waals surface area (Å²) in [6.07, 6.45) is 0.702. The number of halogens is 4. The maximum absolute atomic E-state index is 13.0. The van der Waals surface area contributed by atoms with Crippen LogP contribution in [0.1, 0.15) is 48.0 Å². The Kier molecular flexibility index (Phi) is 7.35. The van der Waals surface area contributed by atoms with Crippen LogP contribution < -0.4 is 11.1 Å². The van der Waals surface area contributed by atoms with Crippen molar-refractivity contribution in [3.63, 3.8) is 0 Å². The Morgan fingerprint density at radius 2 is 1.83 bits per heavy atom. The number of benzene rings is 1. The molecule has 7 heteroatoms. The molecule has 23 heavy (non-hydrogen) atoms. The van der Waals surface area contributed by atoms with Gasteiger partial charge in [-0.15, -0.1) is 12.4 Å². The van der Waals surface area contributed by atoms with Gasteiger partial charge in [-0.1, -0.05) is 31.4 Å². The van der Waals surface area contributed by atoms with Crippen LogP contribution >= 0.6 is 12.4 Å². The minimum atomic E-state index is -4.54. The Hall–Kier alpha value is -1.27. The van der Waals surface area contributed by atoms with Crippen LogP contribution in [-0.2, 0) is 6.18 Å². The van der Waals surface area contributed by atoms with Crippen molar-refractivity contribution in [1.29, 1.82) is 0 Å². The van der Waals surface area contributed by atoms with Crippen LogP contribution in [0.4, 0.5) is 13.2 Å². The summed E-state index contributed by atoms with van der Waals surface area (Å²) >= 11 is 0. The summed E-state index contributed by atoms with van der Waals surface area (Å²) < 4.78 is 38.9. The summed E-state index contributed by atoms with van der Waals surface area (Å²) in [5.41, 5.74) is 4.46.